The maximum atomic E-state index is 10.3. The lowest BCUT2D eigenvalue weighted by atomic mass is 9.87. The predicted molar refractivity (Wildman–Crippen MR) is 458 cm³/mol. The van der Waals surface area contributed by atoms with Gasteiger partial charge in [-0.3, -0.25) is 4.79 Å². The number of hydrogen-bond acceptors (Lipinski definition) is 4. The molecule has 7 rings (SSSR count). The lowest BCUT2D eigenvalue weighted by Crippen LogP contribution is -2.23. The van der Waals surface area contributed by atoms with Gasteiger partial charge in [-0.1, -0.05) is 312 Å². The number of aliphatic hydroxyl groups is 2. The van der Waals surface area contributed by atoms with Crippen molar-refractivity contribution in [3.8, 4) is 0 Å². The molecule has 7 aromatic rings. The Kier molecular flexibility index (Phi) is 52.0. The summed E-state index contributed by atoms with van der Waals surface area (Å²) in [4.78, 5) is 10.2. The smallest absolute Gasteiger partial charge is 0.412 e. The van der Waals surface area contributed by atoms with E-state index in [4.69, 9.17) is 5.73 Å². The van der Waals surface area contributed by atoms with Crippen molar-refractivity contribution in [2.24, 2.45) is 23.7 Å². The molecule has 0 aromatic heterocycles. The highest BCUT2D eigenvalue weighted by atomic mass is 79.9. The van der Waals surface area contributed by atoms with Gasteiger partial charge >= 0.3 is 2.85 Å². The van der Waals surface area contributed by atoms with E-state index in [0.29, 0.717) is 23.7 Å². The summed E-state index contributed by atoms with van der Waals surface area (Å²) < 4.78 is 7.61. The van der Waals surface area contributed by atoms with Gasteiger partial charge in [0, 0.05) is 45.4 Å². The minimum atomic E-state index is -0.904. The van der Waals surface area contributed by atoms with Crippen molar-refractivity contribution < 1.29 is 31.7 Å². The molecule has 0 saturated heterocycles. The first kappa shape index (κ1) is 97.1. The zero-order chi connectivity index (χ0) is 72.8. The number of nitrogen functional groups attached to an aromatic ring is 1. The number of allylic oxidation sites excluding steroid dienone is 8. The number of nitrogens with two attached hydrogens (primary N) is 1. The van der Waals surface area contributed by atoms with E-state index in [1.165, 1.54) is 49.6 Å². The molecule has 4 atom stereocenters. The zero-order valence-corrected chi connectivity index (χ0v) is 72.4. The molecule has 538 valence electrons. The summed E-state index contributed by atoms with van der Waals surface area (Å²) in [5.74, 6) is 3.93. The Bertz CT molecular complexity index is 3400. The van der Waals surface area contributed by atoms with E-state index < -0.39 is 11.2 Å². The van der Waals surface area contributed by atoms with Gasteiger partial charge in [0.05, 0.1) is 5.60 Å². The van der Waals surface area contributed by atoms with Crippen LogP contribution in [-0.4, -0.2) is 26.9 Å². The van der Waals surface area contributed by atoms with Gasteiger partial charge in [-0.25, -0.2) is 0 Å². The Hall–Kier alpha value is -4.09. The van der Waals surface area contributed by atoms with Crippen LogP contribution in [0.3, 0.4) is 0 Å². The number of hydrogen-bond donors (Lipinski definition) is 3. The van der Waals surface area contributed by atoms with Crippen LogP contribution in [0.2, 0.25) is 0 Å². The van der Waals surface area contributed by atoms with E-state index in [1.807, 2.05) is 150 Å². The van der Waals surface area contributed by atoms with Gasteiger partial charge in [0.15, 0.2) is 5.78 Å². The van der Waals surface area contributed by atoms with Crippen LogP contribution in [-0.2, 0) is 16.0 Å². The lowest BCUT2D eigenvalue weighted by Gasteiger charge is -2.26. The minimum Gasteiger partial charge on any atom is -0.412 e. The third-order valence-electron chi connectivity index (χ3n) is 13.7. The van der Waals surface area contributed by atoms with E-state index in [0.717, 1.165) is 79.7 Å². The number of carbonyl (C=O) groups is 1. The van der Waals surface area contributed by atoms with Crippen molar-refractivity contribution in [1.82, 2.24) is 0 Å². The second-order valence-corrected chi connectivity index (χ2v) is 32.4. The molecular formula is C84H120Br7NO5+2. The van der Waals surface area contributed by atoms with Crippen LogP contribution < -0.4 is 5.73 Å². The molecule has 0 aliphatic rings. The van der Waals surface area contributed by atoms with Crippen LogP contribution in [0, 0.1) is 23.7 Å². The van der Waals surface area contributed by atoms with Gasteiger partial charge < -0.3 is 26.9 Å². The Balaban J connectivity index is -0.000000200. The molecule has 13 heteroatoms. The first-order chi connectivity index (χ1) is 44.2. The minimum absolute atomic E-state index is 0. The summed E-state index contributed by atoms with van der Waals surface area (Å²) in [6.45, 7) is 45.5. The third kappa shape index (κ3) is 43.4. The van der Waals surface area contributed by atoms with Crippen molar-refractivity contribution in [1.29, 1.82) is 0 Å². The molecule has 4 unspecified atom stereocenters. The van der Waals surface area contributed by atoms with E-state index in [-0.39, 0.29) is 22.4 Å². The quantitative estimate of drug-likeness (QED) is 0.0383. The summed E-state index contributed by atoms with van der Waals surface area (Å²) in [5, 5.41) is 20.5. The molecule has 0 bridgehead atoms. The first-order valence-electron chi connectivity index (χ1n) is 32.5. The molecule has 0 radical (unpaired) electrons. The van der Waals surface area contributed by atoms with E-state index >= 15 is 0 Å². The van der Waals surface area contributed by atoms with Gasteiger partial charge in [0.1, 0.15) is 5.60 Å². The molecule has 0 saturated carbocycles. The second-order valence-electron chi connectivity index (χ2n) is 26.5. The van der Waals surface area contributed by atoms with E-state index in [2.05, 4.69) is 281 Å². The van der Waals surface area contributed by atoms with Gasteiger partial charge in [-0.15, -0.1) is 0 Å². The number of rotatable bonds is 16. The lowest BCUT2D eigenvalue weighted by molar-refractivity contribution is -0.112. The molecule has 8 N–H and O–H groups in total. The van der Waals surface area contributed by atoms with Crippen LogP contribution >= 0.6 is 112 Å². The molecule has 97 heavy (non-hydrogen) atoms. The van der Waals surface area contributed by atoms with Crippen molar-refractivity contribution >= 4 is 134 Å². The number of ketones is 1. The topological polar surface area (TPSA) is 147 Å². The van der Waals surface area contributed by atoms with Gasteiger partial charge in [-0.05, 0) is 249 Å². The van der Waals surface area contributed by atoms with E-state index in [9.17, 15) is 15.0 Å². The Morgan fingerprint density at radius 1 is 0.464 bits per heavy atom. The molecule has 0 amide bonds. The normalized spacial score (nSPS) is 12.2. The number of carbonyl (C=O) groups excluding carboxylic acids is 1. The Morgan fingerprint density at radius 2 is 0.814 bits per heavy atom. The van der Waals surface area contributed by atoms with Crippen LogP contribution in [0.4, 0.5) is 5.69 Å². The number of halogens is 7. The van der Waals surface area contributed by atoms with Crippen LogP contribution in [0.15, 0.2) is 249 Å². The van der Waals surface area contributed by atoms with Gasteiger partial charge in [0.2, 0.25) is 0 Å². The van der Waals surface area contributed by atoms with Crippen molar-refractivity contribution in [3.05, 3.63) is 282 Å². The fourth-order valence-electron chi connectivity index (χ4n) is 10.2. The maximum absolute atomic E-state index is 10.3. The van der Waals surface area contributed by atoms with E-state index in [1.54, 1.807) is 19.9 Å². The molecule has 0 aliphatic carbocycles. The van der Waals surface area contributed by atoms with Crippen LogP contribution in [0.5, 0.6) is 0 Å². The summed E-state index contributed by atoms with van der Waals surface area (Å²) in [6.07, 6.45) is 11.1. The third-order valence-corrected chi connectivity index (χ3v) is 19.1. The summed E-state index contributed by atoms with van der Waals surface area (Å²) in [6, 6.07) is 56.6. The Labute approximate surface area is 652 Å². The van der Waals surface area contributed by atoms with Crippen LogP contribution in [0.25, 0.3) is 11.1 Å². The number of benzene rings is 7. The van der Waals surface area contributed by atoms with Gasteiger partial charge in [-0.2, -0.15) is 0 Å². The molecule has 0 spiro atoms. The summed E-state index contributed by atoms with van der Waals surface area (Å²) in [5.41, 5.74) is 18.0. The number of anilines is 1. The van der Waals surface area contributed by atoms with Crippen molar-refractivity contribution in [2.75, 3.05) is 5.73 Å². The van der Waals surface area contributed by atoms with Crippen LogP contribution in [0.1, 0.15) is 209 Å². The highest BCUT2D eigenvalue weighted by molar-refractivity contribution is 9.13. The molecule has 0 heterocycles. The molecule has 0 aliphatic heterocycles. The average molecular weight is 1780 g/mol. The SMILES string of the molecule is Brc1ccccc1Br.C/C(=C\C(C)C)c1ccccc1Br.C=C(C=C(C)C)c1ccccc1Br.CC(=O)C=C(C)C.CC(C)=CC(C)(O)c1ccccc1Br.CC(C)CC(C)(O)c1ccccc1Br.CC(C)CC(C)c1ccccc1Br.CC(C)CC(C)c1ccccc1N.O.O.[H+].[H+].[HH].[HH]. The second kappa shape index (κ2) is 52.0. The largest absolute Gasteiger partial charge is 1.00 e. The highest BCUT2D eigenvalue weighted by Crippen LogP contribution is 2.35. The molecular weight excluding hydrogens is 1660 g/mol. The first-order valence-corrected chi connectivity index (χ1v) is 38.1. The molecule has 7 aromatic carbocycles. The standard InChI is InChI=1S/C12H17BrO.C12H15BrO.C12H17Br.C12H15Br.C12H13Br.C12H19N.C6H4Br2.C6H10O.2H2O.2H2/c2*1-9(2)8-12(3,14)10-6-4-5-7-11(10)13;4*1-9(2)8-10(3)11-6-4-5-7-12(11)13;7-5-3-1-2-4-6(5)8;1-5(2)4-6(3)7;;;;/h4-7,9,14H,8H2,1-3H3;4-8,14H,1-3H3;4-7,9-10H,8H2,1-3H3;4-9H,1-3H3;4-8H,3H2,1-2H3;4-7,9-10H,8,13H2,1-3H3;1-4H;4H,1-3H3;2*1H2;2*1H/p+2/b;;;10-8+;;;;;;;;. The fraction of sp³-hybridized carbons (Fsp3) is 0.369. The van der Waals surface area contributed by atoms with Crippen molar-refractivity contribution in [3.63, 3.8) is 0 Å². The Morgan fingerprint density at radius 3 is 1.15 bits per heavy atom. The summed E-state index contributed by atoms with van der Waals surface area (Å²) in [7, 11) is 0. The van der Waals surface area contributed by atoms with Gasteiger partial charge in [0.25, 0.3) is 0 Å². The maximum Gasteiger partial charge on any atom is 1.00 e. The number of para-hydroxylation sites is 1. The average Bonchev–Trinajstić information content (AvgIpc) is 0.838. The summed E-state index contributed by atoms with van der Waals surface area (Å²) >= 11 is 24.2. The zero-order valence-electron chi connectivity index (χ0n) is 63.3. The molecule has 6 nitrogen and oxygen atoms in total. The molecule has 0 fully saturated rings. The van der Waals surface area contributed by atoms with Crippen molar-refractivity contribution in [2.45, 2.75) is 181 Å². The fourth-order valence-corrected chi connectivity index (χ4v) is 14.0. The highest BCUT2D eigenvalue weighted by Gasteiger charge is 2.26. The monoisotopic (exact) mass is 1780 g/mol. The predicted octanol–water partition coefficient (Wildman–Crippen LogP) is 28.1.